The van der Waals surface area contributed by atoms with E-state index in [2.05, 4.69) is 148 Å². The normalized spacial score (nSPS) is 11.7. The molecular formula is C74H107Cl2N3O13. The van der Waals surface area contributed by atoms with Crippen LogP contribution >= 0.6 is 23.2 Å². The zero-order valence-electron chi connectivity index (χ0n) is 60.1. The van der Waals surface area contributed by atoms with Gasteiger partial charge in [-0.05, 0) is 102 Å². The maximum atomic E-state index is 11.6. The third kappa shape index (κ3) is 27.1. The fourth-order valence-corrected chi connectivity index (χ4v) is 8.97. The lowest BCUT2D eigenvalue weighted by atomic mass is 9.79. The first-order chi connectivity index (χ1) is 41.5. The number of pyridine rings is 1. The Balaban J connectivity index is 0.00000111. The highest BCUT2D eigenvalue weighted by molar-refractivity contribution is 6.40. The Bertz CT molecular complexity index is 3530. The fraction of sp³-hybridized carbons (Fsp3) is 0.500. The van der Waals surface area contributed by atoms with Crippen molar-refractivity contribution in [3.63, 3.8) is 0 Å². The number of phenols is 1. The number of aromatic amines is 1. The molecule has 5 aromatic carbocycles. The molecule has 92 heavy (non-hydrogen) atoms. The standard InChI is InChI=1S/C16H23NO4.C16H25NO2.C16H24O2.C14H22O.C10H7NO3.CH2Cl2.CH4O/c1-10(18)21-14-9-13(17(19)20)11(15(2,3)4)8-12(14)16(5,6)7;1-10(18)19-14-9-13(17)11(15(2,3)4)8-12(14)16(5,6)7;1-11(17)18-14-9-8-12(15(2,3)4)10-13(14)16(5,6)7;1-13(2,3)10-7-8-12(15)11(9-10)14(4,5)6;12-9-6-3-1-2-4-8(6)11-5-7(9)10(13)14;2-1-3;1-2/h8-9H,1-7H3;8-9H,17H2,1-7H3;8-10H,1-7H3;7-9,15H,1-6H3;1-5H,(H,11,12)(H,13,14);1H2;2H,1H3. The van der Waals surface area contributed by atoms with Gasteiger partial charge in [0.05, 0.1) is 16.3 Å². The van der Waals surface area contributed by atoms with Gasteiger partial charge in [0.15, 0.2) is 0 Å². The summed E-state index contributed by atoms with van der Waals surface area (Å²) < 4.78 is 15.8. The summed E-state index contributed by atoms with van der Waals surface area (Å²) in [6, 6.07) is 25.8. The number of nitrogen functional groups attached to an aromatic ring is 1. The van der Waals surface area contributed by atoms with Crippen LogP contribution in [0.1, 0.15) is 242 Å². The third-order valence-corrected chi connectivity index (χ3v) is 13.8. The number of nitrogens with one attached hydrogen (secondary N) is 1. The van der Waals surface area contributed by atoms with E-state index < -0.39 is 22.3 Å². The number of esters is 3. The van der Waals surface area contributed by atoms with Gasteiger partial charge in [-0.15, -0.1) is 23.2 Å². The number of carbonyl (C=O) groups excluding carboxylic acids is 3. The summed E-state index contributed by atoms with van der Waals surface area (Å²) in [4.78, 5) is 69.5. The number of carbonyl (C=O) groups is 4. The lowest BCUT2D eigenvalue weighted by molar-refractivity contribution is -0.386. The van der Waals surface area contributed by atoms with Crippen molar-refractivity contribution in [2.24, 2.45) is 0 Å². The van der Waals surface area contributed by atoms with E-state index >= 15 is 0 Å². The number of para-hydroxylation sites is 1. The molecule has 0 aliphatic heterocycles. The average Bonchev–Trinajstić information content (AvgIpc) is 0.826. The van der Waals surface area contributed by atoms with Crippen molar-refractivity contribution in [3.8, 4) is 23.0 Å². The van der Waals surface area contributed by atoms with Crippen LogP contribution in [0.5, 0.6) is 23.0 Å². The van der Waals surface area contributed by atoms with Crippen LogP contribution in [0, 0.1) is 10.1 Å². The quantitative estimate of drug-likeness (QED) is 0.0269. The number of carboxylic acid groups (broad SMARTS) is 1. The monoisotopic (exact) mass is 1320 g/mol. The highest BCUT2D eigenvalue weighted by Crippen LogP contribution is 2.43. The number of ether oxygens (including phenoxy) is 3. The number of aromatic hydroxyl groups is 1. The van der Waals surface area contributed by atoms with Gasteiger partial charge in [0.1, 0.15) is 28.6 Å². The number of aromatic nitrogens is 1. The number of alkyl halides is 2. The number of carboxylic acids is 1. The van der Waals surface area contributed by atoms with Crippen molar-refractivity contribution in [2.45, 2.75) is 230 Å². The maximum Gasteiger partial charge on any atom is 0.341 e. The molecule has 0 saturated carbocycles. The molecule has 0 radical (unpaired) electrons. The molecule has 0 amide bonds. The number of nitro groups is 1. The number of hydrogen-bond donors (Lipinski definition) is 5. The van der Waals surface area contributed by atoms with Gasteiger partial charge in [-0.3, -0.25) is 29.3 Å². The molecule has 0 aliphatic rings. The van der Waals surface area contributed by atoms with Crippen molar-refractivity contribution >= 4 is 69.4 Å². The Hall–Kier alpha value is -7.27. The number of hydrogen-bond acceptors (Lipinski definition) is 13. The smallest absolute Gasteiger partial charge is 0.341 e. The van der Waals surface area contributed by atoms with Crippen LogP contribution in [-0.2, 0) is 57.7 Å². The van der Waals surface area contributed by atoms with Crippen LogP contribution < -0.4 is 25.4 Å². The van der Waals surface area contributed by atoms with Gasteiger partial charge in [-0.1, -0.05) is 203 Å². The van der Waals surface area contributed by atoms with Gasteiger partial charge >= 0.3 is 23.9 Å². The fourth-order valence-electron chi connectivity index (χ4n) is 8.97. The zero-order valence-corrected chi connectivity index (χ0v) is 61.6. The number of aliphatic hydroxyl groups is 1. The van der Waals surface area contributed by atoms with E-state index in [4.69, 9.17) is 53.4 Å². The van der Waals surface area contributed by atoms with Crippen molar-refractivity contribution in [1.82, 2.24) is 4.98 Å². The zero-order chi connectivity index (χ0) is 72.4. The van der Waals surface area contributed by atoms with E-state index in [-0.39, 0.29) is 77.6 Å². The number of fused-ring (bicyclic) bond motifs is 1. The number of rotatable bonds is 5. The van der Waals surface area contributed by atoms with Gasteiger partial charge in [-0.2, -0.15) is 0 Å². The van der Waals surface area contributed by atoms with E-state index in [1.54, 1.807) is 42.5 Å². The summed E-state index contributed by atoms with van der Waals surface area (Å²) in [5.41, 5.74) is 14.2. The van der Waals surface area contributed by atoms with Gasteiger partial charge < -0.3 is 40.2 Å². The summed E-state index contributed by atoms with van der Waals surface area (Å²) in [5.74, 6) is -0.411. The minimum absolute atomic E-state index is 0.00859. The lowest BCUT2D eigenvalue weighted by Crippen LogP contribution is -2.20. The molecule has 0 unspecified atom stereocenters. The van der Waals surface area contributed by atoms with Crippen LogP contribution in [0.2, 0.25) is 0 Å². The minimum Gasteiger partial charge on any atom is -0.508 e. The molecule has 0 atom stereocenters. The number of nitrogens with two attached hydrogens (primary N) is 1. The van der Waals surface area contributed by atoms with Crippen LogP contribution in [-0.4, -0.2) is 61.6 Å². The Kier molecular flexibility index (Phi) is 31.4. The summed E-state index contributed by atoms with van der Waals surface area (Å²) in [7, 11) is 1.00. The minimum atomic E-state index is -1.21. The van der Waals surface area contributed by atoms with Crippen molar-refractivity contribution < 1.29 is 53.6 Å². The number of H-pyrrole nitrogens is 1. The SMILES string of the molecule is CC(=O)Oc1cc(N)c(C(C)(C)C)cc1C(C)(C)C.CC(=O)Oc1cc([N+](=O)[O-])c(C(C)(C)C)cc1C(C)(C)C.CC(=O)Oc1ccc(C(C)(C)C)cc1C(C)(C)C.CC(C)(C)c1ccc(O)c(C(C)(C)C)c1.CO.ClCCl.O=C(O)c1c[nH]c2ccccc2c1=O. The molecule has 6 aromatic rings. The van der Waals surface area contributed by atoms with Gasteiger partial charge in [-0.25, -0.2) is 4.79 Å². The molecule has 6 rings (SSSR count). The predicted octanol–water partition coefficient (Wildman–Crippen LogP) is 18.4. The predicted molar refractivity (Wildman–Crippen MR) is 378 cm³/mol. The second kappa shape index (κ2) is 34.1. The van der Waals surface area contributed by atoms with E-state index in [9.17, 15) is 39.2 Å². The summed E-state index contributed by atoms with van der Waals surface area (Å²) in [6.07, 6.45) is 1.22. The Morgan fingerprint density at radius 3 is 1.22 bits per heavy atom. The largest absolute Gasteiger partial charge is 0.508 e. The van der Waals surface area contributed by atoms with Crippen LogP contribution in [0.25, 0.3) is 10.9 Å². The molecule has 510 valence electrons. The molecule has 0 fully saturated rings. The van der Waals surface area contributed by atoms with Crippen molar-refractivity contribution in [1.29, 1.82) is 0 Å². The number of nitro benzene ring substituents is 1. The Labute approximate surface area is 558 Å². The molecule has 0 bridgehead atoms. The van der Waals surface area contributed by atoms with Crippen LogP contribution in [0.4, 0.5) is 11.4 Å². The van der Waals surface area contributed by atoms with E-state index in [1.807, 2.05) is 59.7 Å². The Morgan fingerprint density at radius 1 is 0.500 bits per heavy atom. The summed E-state index contributed by atoms with van der Waals surface area (Å²) in [5, 5.41) is 37.5. The van der Waals surface area contributed by atoms with Gasteiger partial charge in [0.2, 0.25) is 5.43 Å². The number of nitrogens with zero attached hydrogens (tertiary/aromatic N) is 1. The molecule has 18 heteroatoms. The highest BCUT2D eigenvalue weighted by atomic mass is 35.5. The topological polar surface area (TPSA) is 259 Å². The molecule has 1 heterocycles. The first kappa shape index (κ1) is 84.7. The van der Waals surface area contributed by atoms with E-state index in [1.165, 1.54) is 44.2 Å². The second-order valence-corrected chi connectivity index (χ2v) is 31.1. The molecule has 0 spiro atoms. The molecule has 16 nitrogen and oxygen atoms in total. The third-order valence-electron chi connectivity index (χ3n) is 13.8. The molecular weight excluding hydrogens is 1210 g/mol. The van der Waals surface area contributed by atoms with Crippen molar-refractivity contribution in [2.75, 3.05) is 18.2 Å². The molecule has 0 saturated heterocycles. The van der Waals surface area contributed by atoms with Crippen LogP contribution in [0.3, 0.4) is 0 Å². The number of anilines is 1. The van der Waals surface area contributed by atoms with E-state index in [0.29, 0.717) is 39.4 Å². The molecule has 6 N–H and O–H groups in total. The molecule has 0 aliphatic carbocycles. The second-order valence-electron chi connectivity index (χ2n) is 30.3. The number of aliphatic hydroxyl groups excluding tert-OH is 1. The summed E-state index contributed by atoms with van der Waals surface area (Å²) >= 11 is 9.53. The van der Waals surface area contributed by atoms with Crippen molar-refractivity contribution in [3.05, 3.63) is 162 Å². The first-order valence-electron chi connectivity index (χ1n) is 30.2. The number of aromatic carboxylic acids is 1. The van der Waals surface area contributed by atoms with E-state index in [0.717, 1.165) is 34.9 Å². The van der Waals surface area contributed by atoms with Gasteiger partial charge in [0, 0.05) is 79.0 Å². The maximum absolute atomic E-state index is 11.6. The lowest BCUT2D eigenvalue weighted by Gasteiger charge is -2.28. The number of benzene rings is 5. The average molecular weight is 1320 g/mol. The summed E-state index contributed by atoms with van der Waals surface area (Å²) in [6.45, 7) is 54.3. The van der Waals surface area contributed by atoms with Crippen LogP contribution in [0.15, 0.2) is 95.9 Å². The molecule has 1 aromatic heterocycles. The van der Waals surface area contributed by atoms with Gasteiger partial charge in [0.25, 0.3) is 5.69 Å². The first-order valence-corrected chi connectivity index (χ1v) is 31.3. The number of halogens is 2. The number of phenolic OH excluding ortho intramolecular Hbond substituents is 1. The highest BCUT2D eigenvalue weighted by Gasteiger charge is 2.32. The Morgan fingerprint density at radius 2 is 0.848 bits per heavy atom.